The minimum absolute atomic E-state index is 0.0777. The van der Waals surface area contributed by atoms with Gasteiger partial charge in [-0.25, -0.2) is 19.4 Å². The topological polar surface area (TPSA) is 167 Å². The summed E-state index contributed by atoms with van der Waals surface area (Å²) in [5.74, 6) is -0.260. The highest BCUT2D eigenvalue weighted by atomic mass is 31.2. The Morgan fingerprint density at radius 2 is 2.00 bits per heavy atom. The number of nitrogen functional groups attached to an aromatic ring is 1. The number of hydrogen-bond donors (Lipinski definition) is 3. The minimum Gasteiger partial charge on any atom is -0.369 e. The van der Waals surface area contributed by atoms with Gasteiger partial charge in [-0.3, -0.25) is 14.3 Å². The van der Waals surface area contributed by atoms with Gasteiger partial charge in [0.1, 0.15) is 0 Å². The van der Waals surface area contributed by atoms with Crippen LogP contribution in [0.3, 0.4) is 0 Å². The average Bonchev–Trinajstić information content (AvgIpc) is 3.44. The fourth-order valence-corrected chi connectivity index (χ4v) is 5.67. The Kier molecular flexibility index (Phi) is 8.60. The van der Waals surface area contributed by atoms with Gasteiger partial charge in [-0.15, -0.1) is 0 Å². The molecule has 14 heteroatoms. The second kappa shape index (κ2) is 12.2. The standard InChI is InChI=1S/C27H36N7O6P/c1-17(2)13-22(34(38-3)20-7-5-4-6-8-20)26(35)40-41(36,37)39-15-18-9-12-21(14-18)33-16-29-23-24(30-19-10-11-19)31-27(28)32-25(23)33/h4-9,12,16-19,21-22H,10-11,13-15H2,1-3H3,(H,36,37)(H3,28,30,31,32)/t18-,21+,22+/m1/s1. The Hall–Kier alpha value is -3.51. The van der Waals surface area contributed by atoms with Gasteiger partial charge in [-0.05, 0) is 43.7 Å². The minimum atomic E-state index is -4.71. The van der Waals surface area contributed by atoms with Gasteiger partial charge in [-0.1, -0.05) is 44.2 Å². The Balaban J connectivity index is 1.21. The van der Waals surface area contributed by atoms with Gasteiger partial charge in [-0.2, -0.15) is 9.97 Å². The van der Waals surface area contributed by atoms with Crippen LogP contribution in [0.5, 0.6) is 0 Å². The van der Waals surface area contributed by atoms with Crippen LogP contribution >= 0.6 is 7.82 Å². The number of benzene rings is 1. The predicted octanol–water partition coefficient (Wildman–Crippen LogP) is 4.24. The molecule has 0 spiro atoms. The quantitative estimate of drug-likeness (QED) is 0.148. The zero-order chi connectivity index (χ0) is 29.1. The lowest BCUT2D eigenvalue weighted by Gasteiger charge is -2.31. The number of carbonyl (C=O) groups excluding carboxylic acids is 1. The van der Waals surface area contributed by atoms with E-state index in [1.54, 1.807) is 30.6 Å². The molecule has 1 aromatic carbocycles. The van der Waals surface area contributed by atoms with Gasteiger partial charge in [0.2, 0.25) is 5.95 Å². The number of aromatic nitrogens is 4. The third kappa shape index (κ3) is 7.05. The first-order valence-corrected chi connectivity index (χ1v) is 15.2. The molecular weight excluding hydrogens is 549 g/mol. The number of rotatable bonds is 13. The summed E-state index contributed by atoms with van der Waals surface area (Å²) >= 11 is 0. The van der Waals surface area contributed by atoms with Crippen LogP contribution in [0.1, 0.15) is 45.6 Å². The summed E-state index contributed by atoms with van der Waals surface area (Å²) in [6, 6.07) is 8.31. The fraction of sp³-hybridized carbons (Fsp3) is 0.481. The molecule has 2 aliphatic carbocycles. The number of anilines is 3. The summed E-state index contributed by atoms with van der Waals surface area (Å²) in [7, 11) is -3.28. The molecule has 4 atom stereocenters. The number of fused-ring (bicyclic) bond motifs is 1. The lowest BCUT2D eigenvalue weighted by molar-refractivity contribution is -0.140. The number of carbonyl (C=O) groups is 1. The predicted molar refractivity (Wildman–Crippen MR) is 154 cm³/mol. The number of nitrogens with one attached hydrogen (secondary N) is 1. The fourth-order valence-electron chi connectivity index (χ4n) is 4.89. The van der Waals surface area contributed by atoms with Gasteiger partial charge in [0, 0.05) is 12.0 Å². The van der Waals surface area contributed by atoms with Crippen LogP contribution in [0.15, 0.2) is 48.8 Å². The Labute approximate surface area is 238 Å². The van der Waals surface area contributed by atoms with Crippen LogP contribution in [0.25, 0.3) is 11.2 Å². The van der Waals surface area contributed by atoms with Crippen molar-refractivity contribution in [1.82, 2.24) is 19.5 Å². The van der Waals surface area contributed by atoms with Gasteiger partial charge in [0.25, 0.3) is 0 Å². The molecule has 0 saturated heterocycles. The highest BCUT2D eigenvalue weighted by Crippen LogP contribution is 2.46. The first kappa shape index (κ1) is 29.0. The lowest BCUT2D eigenvalue weighted by atomic mass is 10.0. The molecular formula is C27H36N7O6P. The molecule has 0 bridgehead atoms. The van der Waals surface area contributed by atoms with Crippen LogP contribution < -0.4 is 16.1 Å². The maximum atomic E-state index is 13.1. The van der Waals surface area contributed by atoms with Gasteiger partial charge >= 0.3 is 13.8 Å². The molecule has 13 nitrogen and oxygen atoms in total. The van der Waals surface area contributed by atoms with Gasteiger partial charge < -0.3 is 20.1 Å². The smallest absolute Gasteiger partial charge is 0.369 e. The van der Waals surface area contributed by atoms with E-state index < -0.39 is 19.8 Å². The maximum Gasteiger partial charge on any atom is 0.529 e. The van der Waals surface area contributed by atoms with Crippen molar-refractivity contribution < 1.29 is 28.1 Å². The number of hydroxylamine groups is 1. The number of phosphoric acid groups is 1. The second-order valence-electron chi connectivity index (χ2n) is 10.8. The molecule has 1 unspecified atom stereocenters. The van der Waals surface area contributed by atoms with Crippen molar-refractivity contribution in [3.05, 3.63) is 48.8 Å². The highest BCUT2D eigenvalue weighted by molar-refractivity contribution is 7.48. The first-order valence-electron chi connectivity index (χ1n) is 13.7. The van der Waals surface area contributed by atoms with Crippen molar-refractivity contribution in [3.63, 3.8) is 0 Å². The van der Waals surface area contributed by atoms with Crippen molar-refractivity contribution in [2.45, 2.75) is 57.7 Å². The Morgan fingerprint density at radius 3 is 2.68 bits per heavy atom. The summed E-state index contributed by atoms with van der Waals surface area (Å²) in [5.41, 5.74) is 7.83. The van der Waals surface area contributed by atoms with Crippen LogP contribution in [-0.4, -0.2) is 56.2 Å². The molecule has 1 saturated carbocycles. The molecule has 220 valence electrons. The van der Waals surface area contributed by atoms with E-state index in [4.69, 9.17) is 19.6 Å². The van der Waals surface area contributed by atoms with E-state index in [9.17, 15) is 14.3 Å². The van der Waals surface area contributed by atoms with Crippen LogP contribution in [-0.2, 0) is 23.2 Å². The van der Waals surface area contributed by atoms with Crippen molar-refractivity contribution in [3.8, 4) is 0 Å². The van der Waals surface area contributed by atoms with E-state index >= 15 is 0 Å². The first-order chi connectivity index (χ1) is 19.6. The summed E-state index contributed by atoms with van der Waals surface area (Å²) in [6.07, 6.45) is 8.62. The van der Waals surface area contributed by atoms with E-state index in [1.807, 2.05) is 36.6 Å². The second-order valence-corrected chi connectivity index (χ2v) is 12.2. The highest BCUT2D eigenvalue weighted by Gasteiger charge is 2.36. The number of allylic oxidation sites excluding steroid dienone is 1. The Morgan fingerprint density at radius 1 is 1.24 bits per heavy atom. The molecule has 0 aliphatic heterocycles. The van der Waals surface area contributed by atoms with E-state index in [0.717, 1.165) is 12.8 Å². The molecule has 4 N–H and O–H groups in total. The average molecular weight is 586 g/mol. The van der Waals surface area contributed by atoms with E-state index in [-0.39, 0.29) is 30.4 Å². The maximum absolute atomic E-state index is 13.1. The van der Waals surface area contributed by atoms with Crippen molar-refractivity contribution in [2.24, 2.45) is 11.8 Å². The number of hydrogen-bond acceptors (Lipinski definition) is 11. The summed E-state index contributed by atoms with van der Waals surface area (Å²) < 4.78 is 25.0. The molecule has 3 aromatic rings. The molecule has 2 aromatic heterocycles. The third-order valence-electron chi connectivity index (χ3n) is 6.98. The number of para-hydroxylation sites is 1. The molecule has 5 rings (SSSR count). The molecule has 2 heterocycles. The SMILES string of the molecule is CON(c1ccccc1)[C@@H](CC(C)C)C(=O)OP(=O)(O)OC[C@@H]1C=C[C@H](n2cnc3c(NC4CC4)nc(N)nc32)C1. The number of nitrogens with zero attached hydrogens (tertiary/aromatic N) is 5. The molecule has 2 aliphatic rings. The van der Waals surface area contributed by atoms with Gasteiger partial charge in [0.15, 0.2) is 23.0 Å². The summed E-state index contributed by atoms with van der Waals surface area (Å²) in [4.78, 5) is 42.2. The van der Waals surface area contributed by atoms with E-state index in [2.05, 4.69) is 20.3 Å². The molecule has 0 radical (unpaired) electrons. The molecule has 1 fully saturated rings. The molecule has 0 amide bonds. The van der Waals surface area contributed by atoms with Crippen LogP contribution in [0, 0.1) is 11.8 Å². The largest absolute Gasteiger partial charge is 0.529 e. The number of nitrogens with two attached hydrogens (primary N) is 1. The number of phosphoric ester groups is 1. The van der Waals surface area contributed by atoms with E-state index in [1.165, 1.54) is 12.2 Å². The summed E-state index contributed by atoms with van der Waals surface area (Å²) in [6.45, 7) is 3.75. The molecule has 41 heavy (non-hydrogen) atoms. The van der Waals surface area contributed by atoms with Gasteiger partial charge in [0.05, 0.1) is 31.8 Å². The zero-order valence-corrected chi connectivity index (χ0v) is 24.2. The van der Waals surface area contributed by atoms with Crippen LogP contribution in [0.4, 0.5) is 17.5 Å². The number of imidazole rings is 1. The monoisotopic (exact) mass is 585 g/mol. The summed E-state index contributed by atoms with van der Waals surface area (Å²) in [5, 5.41) is 4.73. The van der Waals surface area contributed by atoms with Crippen molar-refractivity contribution in [2.75, 3.05) is 29.8 Å². The van der Waals surface area contributed by atoms with E-state index in [0.29, 0.717) is 41.6 Å². The van der Waals surface area contributed by atoms with Crippen molar-refractivity contribution >= 4 is 42.4 Å². The zero-order valence-electron chi connectivity index (χ0n) is 23.3. The Bertz CT molecular complexity index is 1440. The lowest BCUT2D eigenvalue weighted by Crippen LogP contribution is -2.42. The normalized spacial score (nSPS) is 20.7. The van der Waals surface area contributed by atoms with Crippen molar-refractivity contribution in [1.29, 1.82) is 0 Å². The van der Waals surface area contributed by atoms with Crippen LogP contribution in [0.2, 0.25) is 0 Å². The third-order valence-corrected chi connectivity index (χ3v) is 7.86.